The van der Waals surface area contributed by atoms with E-state index in [0.717, 1.165) is 17.3 Å². The lowest BCUT2D eigenvalue weighted by molar-refractivity contribution is -0.121. The van der Waals surface area contributed by atoms with Crippen molar-refractivity contribution < 1.29 is 9.90 Å². The number of amides is 1. The molecule has 27 heavy (non-hydrogen) atoms. The molecule has 3 heterocycles. The molecule has 2 aromatic rings. The van der Waals surface area contributed by atoms with E-state index in [1.165, 1.54) is 15.4 Å². The molecule has 140 valence electrons. The summed E-state index contributed by atoms with van der Waals surface area (Å²) in [7, 11) is 0. The van der Waals surface area contributed by atoms with E-state index in [2.05, 4.69) is 16.9 Å². The number of nitrogens with one attached hydrogen (secondary N) is 1. The Bertz CT molecular complexity index is 1030. The fourth-order valence-corrected chi connectivity index (χ4v) is 3.87. The first-order valence-corrected chi connectivity index (χ1v) is 9.42. The first-order chi connectivity index (χ1) is 13.0. The summed E-state index contributed by atoms with van der Waals surface area (Å²) in [4.78, 5) is 31.9. The van der Waals surface area contributed by atoms with Gasteiger partial charge in [0.25, 0.3) is 11.5 Å². The van der Waals surface area contributed by atoms with Crippen LogP contribution < -0.4 is 10.9 Å². The van der Waals surface area contributed by atoms with Crippen molar-refractivity contribution in [2.24, 2.45) is 0 Å². The number of aliphatic hydroxyl groups is 1. The van der Waals surface area contributed by atoms with E-state index in [4.69, 9.17) is 17.3 Å². The van der Waals surface area contributed by atoms with Crippen LogP contribution >= 0.6 is 24.0 Å². The van der Waals surface area contributed by atoms with Crippen molar-refractivity contribution in [3.8, 4) is 0 Å². The quantitative estimate of drug-likeness (QED) is 0.433. The van der Waals surface area contributed by atoms with Gasteiger partial charge in [-0.2, -0.15) is 0 Å². The second-order valence-corrected chi connectivity index (χ2v) is 7.52. The molecule has 9 heteroatoms. The highest BCUT2D eigenvalue weighted by Crippen LogP contribution is 2.32. The van der Waals surface area contributed by atoms with Crippen LogP contribution in [0.15, 0.2) is 40.7 Å². The standard InChI is InChI=1S/C18H18N4O3S2/c1-3-7-21-17(25)13(27-18(21)26)9-12-15(19-6-8-23)20-14-5-4-11(2)10-22(14)16(12)24/h3-5,9-10,19,23H,1,6-8H2,2H3/b13-9+. The number of nitrogens with zero attached hydrogens (tertiary/aromatic N) is 3. The van der Waals surface area contributed by atoms with Gasteiger partial charge >= 0.3 is 0 Å². The fourth-order valence-electron chi connectivity index (χ4n) is 2.62. The second-order valence-electron chi connectivity index (χ2n) is 5.85. The van der Waals surface area contributed by atoms with Crippen LogP contribution in [0.3, 0.4) is 0 Å². The van der Waals surface area contributed by atoms with Gasteiger partial charge in [0.2, 0.25) is 0 Å². The van der Waals surface area contributed by atoms with E-state index in [1.54, 1.807) is 18.3 Å². The number of aliphatic hydroxyl groups excluding tert-OH is 1. The van der Waals surface area contributed by atoms with E-state index < -0.39 is 0 Å². The van der Waals surface area contributed by atoms with Gasteiger partial charge in [-0.15, -0.1) is 6.58 Å². The fraction of sp³-hybridized carbons (Fsp3) is 0.222. The van der Waals surface area contributed by atoms with Crippen LogP contribution in [0.5, 0.6) is 0 Å². The highest BCUT2D eigenvalue weighted by Gasteiger charge is 2.31. The molecule has 0 atom stereocenters. The number of anilines is 1. The van der Waals surface area contributed by atoms with Gasteiger partial charge in [0, 0.05) is 19.3 Å². The Balaban J connectivity index is 2.15. The monoisotopic (exact) mass is 402 g/mol. The Hall–Kier alpha value is -2.49. The zero-order valence-electron chi connectivity index (χ0n) is 14.6. The number of aryl methyl sites for hydroxylation is 1. The molecule has 3 rings (SSSR count). The predicted molar refractivity (Wildman–Crippen MR) is 112 cm³/mol. The number of fused-ring (bicyclic) bond motifs is 1. The van der Waals surface area contributed by atoms with Crippen molar-refractivity contribution in [1.82, 2.24) is 14.3 Å². The van der Waals surface area contributed by atoms with Crippen molar-refractivity contribution >= 4 is 51.7 Å². The summed E-state index contributed by atoms with van der Waals surface area (Å²) in [6, 6.07) is 3.60. The van der Waals surface area contributed by atoms with Crippen LogP contribution in [0.25, 0.3) is 11.7 Å². The van der Waals surface area contributed by atoms with Gasteiger partial charge in [-0.1, -0.05) is 36.1 Å². The van der Waals surface area contributed by atoms with Crippen molar-refractivity contribution in [2.75, 3.05) is 25.0 Å². The normalized spacial score (nSPS) is 15.8. The Morgan fingerprint density at radius 3 is 2.89 bits per heavy atom. The van der Waals surface area contributed by atoms with E-state index in [0.29, 0.717) is 27.2 Å². The number of aromatic nitrogens is 2. The average molecular weight is 403 g/mol. The lowest BCUT2D eigenvalue weighted by Gasteiger charge is -2.11. The Morgan fingerprint density at radius 2 is 2.19 bits per heavy atom. The third kappa shape index (κ3) is 3.80. The summed E-state index contributed by atoms with van der Waals surface area (Å²) in [6.45, 7) is 5.93. The first kappa shape index (κ1) is 19.3. The number of carbonyl (C=O) groups is 1. The highest BCUT2D eigenvalue weighted by molar-refractivity contribution is 8.26. The number of rotatable bonds is 6. The molecule has 0 unspecified atom stereocenters. The van der Waals surface area contributed by atoms with Gasteiger partial charge in [0.1, 0.15) is 15.8 Å². The molecule has 0 saturated carbocycles. The largest absolute Gasteiger partial charge is 0.395 e. The number of hydrogen-bond donors (Lipinski definition) is 2. The number of thioether (sulfide) groups is 1. The highest BCUT2D eigenvalue weighted by atomic mass is 32.2. The molecule has 7 nitrogen and oxygen atoms in total. The van der Waals surface area contributed by atoms with Gasteiger partial charge in [0.15, 0.2) is 0 Å². The topological polar surface area (TPSA) is 86.9 Å². The van der Waals surface area contributed by atoms with Gasteiger partial charge in [-0.05, 0) is 24.6 Å². The summed E-state index contributed by atoms with van der Waals surface area (Å²) < 4.78 is 1.86. The van der Waals surface area contributed by atoms with Crippen LogP contribution in [0, 0.1) is 6.92 Å². The number of carbonyl (C=O) groups excluding carboxylic acids is 1. The van der Waals surface area contributed by atoms with Crippen molar-refractivity contribution in [3.63, 3.8) is 0 Å². The molecule has 2 aromatic heterocycles. The lowest BCUT2D eigenvalue weighted by Crippen LogP contribution is -2.28. The van der Waals surface area contributed by atoms with Crippen LogP contribution in [0.4, 0.5) is 5.82 Å². The molecule has 1 aliphatic rings. The summed E-state index contributed by atoms with van der Waals surface area (Å²) in [5.41, 5.74) is 1.32. The number of thiocarbonyl (C=S) groups is 1. The lowest BCUT2D eigenvalue weighted by atomic mass is 10.2. The van der Waals surface area contributed by atoms with Gasteiger partial charge in [-0.25, -0.2) is 4.98 Å². The van der Waals surface area contributed by atoms with Gasteiger partial charge in [-0.3, -0.25) is 18.9 Å². The molecular weight excluding hydrogens is 384 g/mol. The van der Waals surface area contributed by atoms with E-state index in [1.807, 2.05) is 13.0 Å². The first-order valence-electron chi connectivity index (χ1n) is 8.20. The molecule has 1 amide bonds. The van der Waals surface area contributed by atoms with Gasteiger partial charge in [0.05, 0.1) is 17.1 Å². The smallest absolute Gasteiger partial charge is 0.267 e. The summed E-state index contributed by atoms with van der Waals surface area (Å²) in [5.74, 6) is 0.0404. The van der Waals surface area contributed by atoms with Crippen LogP contribution in [-0.2, 0) is 4.79 Å². The molecule has 1 saturated heterocycles. The minimum absolute atomic E-state index is 0.115. The molecule has 0 radical (unpaired) electrons. The van der Waals surface area contributed by atoms with Crippen molar-refractivity contribution in [2.45, 2.75) is 6.92 Å². The zero-order chi connectivity index (χ0) is 19.6. The maximum absolute atomic E-state index is 13.0. The Labute approximate surface area is 165 Å². The van der Waals surface area contributed by atoms with E-state index in [-0.39, 0.29) is 30.2 Å². The maximum atomic E-state index is 13.0. The molecule has 1 aliphatic heterocycles. The minimum atomic E-state index is -0.307. The summed E-state index contributed by atoms with van der Waals surface area (Å²) in [6.07, 6.45) is 4.80. The Morgan fingerprint density at radius 1 is 1.41 bits per heavy atom. The number of pyridine rings is 1. The molecule has 0 spiro atoms. The minimum Gasteiger partial charge on any atom is -0.395 e. The maximum Gasteiger partial charge on any atom is 0.267 e. The Kier molecular flexibility index (Phi) is 5.73. The zero-order valence-corrected chi connectivity index (χ0v) is 16.3. The molecule has 0 aromatic carbocycles. The third-order valence-corrected chi connectivity index (χ3v) is 5.25. The SMILES string of the molecule is C=CCN1C(=O)/C(=C\c2c(NCCO)nc3ccc(C)cn3c2=O)SC1=S. The molecular formula is C18H18N4O3S2. The second kappa shape index (κ2) is 8.03. The van der Waals surface area contributed by atoms with Crippen molar-refractivity contribution in [1.29, 1.82) is 0 Å². The van der Waals surface area contributed by atoms with Crippen molar-refractivity contribution in [3.05, 3.63) is 57.4 Å². The summed E-state index contributed by atoms with van der Waals surface area (Å²) >= 11 is 6.37. The van der Waals surface area contributed by atoms with Crippen LogP contribution in [0.2, 0.25) is 0 Å². The third-order valence-electron chi connectivity index (χ3n) is 3.87. The van der Waals surface area contributed by atoms with E-state index >= 15 is 0 Å². The van der Waals surface area contributed by atoms with Gasteiger partial charge < -0.3 is 10.4 Å². The molecule has 0 aliphatic carbocycles. The molecule has 2 N–H and O–H groups in total. The molecule has 0 bridgehead atoms. The predicted octanol–water partition coefficient (Wildman–Crippen LogP) is 1.79. The van der Waals surface area contributed by atoms with E-state index in [9.17, 15) is 9.59 Å². The molecule has 1 fully saturated rings. The van der Waals surface area contributed by atoms with Crippen LogP contribution in [0.1, 0.15) is 11.1 Å². The number of hydrogen-bond acceptors (Lipinski definition) is 7. The average Bonchev–Trinajstić information content (AvgIpc) is 2.91. The van der Waals surface area contributed by atoms with Crippen LogP contribution in [-0.4, -0.2) is 49.3 Å². The summed E-state index contributed by atoms with van der Waals surface area (Å²) in [5, 5.41) is 12.1.